The summed E-state index contributed by atoms with van der Waals surface area (Å²) in [5, 5.41) is 0. The average molecular weight is 543 g/mol. The molecule has 0 saturated carbocycles. The first-order valence-corrected chi connectivity index (χ1v) is 16.0. The molecule has 202 valence electrons. The Bertz CT molecular complexity index is 1310. The van der Waals surface area contributed by atoms with Gasteiger partial charge in [-0.25, -0.2) is 0 Å². The molecule has 1 atom stereocenters. The zero-order valence-electron chi connectivity index (χ0n) is 23.7. The van der Waals surface area contributed by atoms with Crippen molar-refractivity contribution in [3.05, 3.63) is 157 Å². The van der Waals surface area contributed by atoms with Crippen LogP contribution in [0.2, 0.25) is 6.32 Å². The topological polar surface area (TPSA) is 17.1 Å². The summed E-state index contributed by atoms with van der Waals surface area (Å²) in [5.41, 5.74) is 5.14. The van der Waals surface area contributed by atoms with Crippen LogP contribution in [-0.2, 0) is 10.9 Å². The Balaban J connectivity index is 0.000000194. The van der Waals surface area contributed by atoms with Crippen molar-refractivity contribution in [2.45, 2.75) is 31.0 Å². The summed E-state index contributed by atoms with van der Waals surface area (Å²) in [6.07, 6.45) is 4.85. The largest absolute Gasteiger partial charge is 0.289 e. The molecule has 0 amide bonds. The number of rotatable bonds is 10. The van der Waals surface area contributed by atoms with Crippen LogP contribution < -0.4 is 16.4 Å². The molecule has 5 aromatic rings. The van der Waals surface area contributed by atoms with Gasteiger partial charge in [-0.3, -0.25) is 4.79 Å². The molecule has 40 heavy (non-hydrogen) atoms. The first-order chi connectivity index (χ1) is 19.6. The van der Waals surface area contributed by atoms with E-state index in [0.29, 0.717) is 5.75 Å². The summed E-state index contributed by atoms with van der Waals surface area (Å²) in [6, 6.07) is 52.9. The molecule has 0 radical (unpaired) electrons. The van der Waals surface area contributed by atoms with Gasteiger partial charge in [-0.15, -0.1) is 0 Å². The number of unbranched alkanes of at least 4 members (excludes halogenated alkanes) is 1. The van der Waals surface area contributed by atoms with E-state index in [1.807, 2.05) is 48.5 Å². The van der Waals surface area contributed by atoms with Gasteiger partial charge in [0, 0.05) is 16.5 Å². The fraction of sp³-hybridized carbons (Fsp3) is 0.162. The van der Waals surface area contributed by atoms with Crippen LogP contribution in [0.4, 0.5) is 0 Å². The van der Waals surface area contributed by atoms with Crippen molar-refractivity contribution in [1.82, 2.24) is 0 Å². The molecule has 0 aliphatic rings. The maximum absolute atomic E-state index is 12.0. The van der Waals surface area contributed by atoms with E-state index in [0.717, 1.165) is 5.56 Å². The predicted molar refractivity (Wildman–Crippen MR) is 177 cm³/mol. The highest BCUT2D eigenvalue weighted by molar-refractivity contribution is 7.96. The lowest BCUT2D eigenvalue weighted by Gasteiger charge is -2.43. The van der Waals surface area contributed by atoms with Gasteiger partial charge in [0.25, 0.3) is 0 Å². The van der Waals surface area contributed by atoms with E-state index < -0.39 is 6.15 Å². The molecule has 0 fully saturated rings. The first kappa shape index (κ1) is 29.2. The molecule has 0 aliphatic heterocycles. The molecule has 0 saturated heterocycles. The van der Waals surface area contributed by atoms with Crippen molar-refractivity contribution in [1.29, 1.82) is 0 Å². The number of hydrogen-bond acceptors (Lipinski definition) is 1. The quantitative estimate of drug-likeness (QED) is 0.104. The van der Waals surface area contributed by atoms with Crippen LogP contribution in [0.25, 0.3) is 0 Å². The van der Waals surface area contributed by atoms with Crippen molar-refractivity contribution in [2.75, 3.05) is 12.0 Å². The summed E-state index contributed by atoms with van der Waals surface area (Å²) >= 11 is 0. The molecule has 0 aromatic heterocycles. The minimum Gasteiger partial charge on any atom is -0.289 e. The van der Waals surface area contributed by atoms with E-state index in [-0.39, 0.29) is 16.7 Å². The summed E-state index contributed by atoms with van der Waals surface area (Å²) < 4.78 is 0. The zero-order valence-corrected chi connectivity index (χ0v) is 24.5. The molecule has 0 N–H and O–H groups in total. The predicted octanol–water partition coefficient (Wildman–Crippen LogP) is 7.13. The summed E-state index contributed by atoms with van der Waals surface area (Å²) in [4.78, 5) is 13.3. The zero-order chi connectivity index (χ0) is 28.0. The van der Waals surface area contributed by atoms with Gasteiger partial charge in [-0.2, -0.15) is 22.7 Å². The van der Waals surface area contributed by atoms with Crippen molar-refractivity contribution in [2.24, 2.45) is 0 Å². The fourth-order valence-corrected chi connectivity index (χ4v) is 6.92. The van der Waals surface area contributed by atoms with Gasteiger partial charge in [0.15, 0.2) is 10.6 Å². The van der Waals surface area contributed by atoms with Gasteiger partial charge in [0.05, 0.1) is 6.15 Å². The molecule has 5 rings (SSSR count). The van der Waals surface area contributed by atoms with E-state index in [1.54, 1.807) is 0 Å². The van der Waals surface area contributed by atoms with Crippen LogP contribution in [0.5, 0.6) is 0 Å². The highest BCUT2D eigenvalue weighted by Crippen LogP contribution is 2.16. The molecule has 1 nitrogen and oxygen atoms in total. The molecule has 5 aromatic carbocycles. The Morgan fingerprint density at radius 3 is 1.35 bits per heavy atom. The van der Waals surface area contributed by atoms with E-state index in [1.165, 1.54) is 40.4 Å². The molecule has 1 unspecified atom stereocenters. The van der Waals surface area contributed by atoms with Gasteiger partial charge in [-0.1, -0.05) is 159 Å². The van der Waals surface area contributed by atoms with Gasteiger partial charge in [0.1, 0.15) is 6.26 Å². The second kappa shape index (κ2) is 15.1. The summed E-state index contributed by atoms with van der Waals surface area (Å²) in [6.45, 7) is 2.28. The lowest BCUT2D eigenvalue weighted by atomic mass is 9.14. The van der Waals surface area contributed by atoms with Gasteiger partial charge < -0.3 is 0 Å². The normalized spacial score (nSPS) is 11.7. The van der Waals surface area contributed by atoms with Crippen molar-refractivity contribution < 1.29 is 4.79 Å². The molecule has 0 aliphatic carbocycles. The van der Waals surface area contributed by atoms with Crippen molar-refractivity contribution >= 4 is 39.2 Å². The van der Waals surface area contributed by atoms with E-state index in [4.69, 9.17) is 0 Å². The van der Waals surface area contributed by atoms with Crippen LogP contribution in [0, 0.1) is 0 Å². The Kier molecular flexibility index (Phi) is 11.0. The van der Waals surface area contributed by atoms with Crippen LogP contribution in [-0.4, -0.2) is 23.9 Å². The molecule has 0 spiro atoms. The van der Waals surface area contributed by atoms with Crippen molar-refractivity contribution in [3.8, 4) is 0 Å². The SMILES string of the molecule is CCCC[B-](c1ccccc1)(c1ccccc1)c1ccccc1.C[S+](CC(=O)c1ccccc1)c1ccccc1. The lowest BCUT2D eigenvalue weighted by Crippen LogP contribution is -2.66. The van der Waals surface area contributed by atoms with E-state index >= 15 is 0 Å². The molecule has 3 heteroatoms. The molecular formula is C37H39BOS. The Hall–Kier alpha value is -3.82. The smallest absolute Gasteiger partial charge is 0.212 e. The number of ketones is 1. The Labute approximate surface area is 243 Å². The molecule has 0 bridgehead atoms. The minimum atomic E-state index is -0.913. The van der Waals surface area contributed by atoms with Gasteiger partial charge >= 0.3 is 0 Å². The Morgan fingerprint density at radius 1 is 0.575 bits per heavy atom. The number of carbonyl (C=O) groups is 1. The van der Waals surface area contributed by atoms with Crippen LogP contribution in [0.3, 0.4) is 0 Å². The lowest BCUT2D eigenvalue weighted by molar-refractivity contribution is 0.102. The highest BCUT2D eigenvalue weighted by Gasteiger charge is 2.28. The number of benzene rings is 5. The molecular weight excluding hydrogens is 503 g/mol. The maximum atomic E-state index is 12.0. The summed E-state index contributed by atoms with van der Waals surface area (Å²) in [5.74, 6) is 0.814. The molecule has 0 heterocycles. The van der Waals surface area contributed by atoms with Gasteiger partial charge in [0.2, 0.25) is 5.78 Å². The average Bonchev–Trinajstić information content (AvgIpc) is 3.04. The third-order valence-corrected chi connectivity index (χ3v) is 9.46. The standard InChI is InChI=1S/C22H24B.C15H15OS/c1-2-3-19-23(20-13-7-4-8-14-20,21-15-9-5-10-16-21)22-17-11-6-12-18-22;1-17(14-10-6-3-7-11-14)12-15(16)13-8-4-2-5-9-13/h4-18H,2-3,19H2,1H3;2-11H,12H2,1H3/q-1;+1. The maximum Gasteiger partial charge on any atom is 0.212 e. The number of carbonyl (C=O) groups excluding carboxylic acids is 1. The number of Topliss-reactive ketones (excluding diaryl/α,β-unsaturated/α-hetero) is 1. The van der Waals surface area contributed by atoms with E-state index in [2.05, 4.69) is 116 Å². The second-order valence-electron chi connectivity index (χ2n) is 10.3. The minimum absolute atomic E-state index is 0.0135. The fourth-order valence-electron chi connectivity index (χ4n) is 5.57. The van der Waals surface area contributed by atoms with Crippen LogP contribution >= 0.6 is 0 Å². The number of hydrogen-bond donors (Lipinski definition) is 0. The van der Waals surface area contributed by atoms with Crippen LogP contribution in [0.1, 0.15) is 30.1 Å². The summed E-state index contributed by atoms with van der Waals surface area (Å²) in [7, 11) is -0.0135. The third-order valence-electron chi connectivity index (χ3n) is 7.69. The Morgan fingerprint density at radius 2 is 0.950 bits per heavy atom. The monoisotopic (exact) mass is 542 g/mol. The second-order valence-corrected chi connectivity index (χ2v) is 12.3. The van der Waals surface area contributed by atoms with Crippen molar-refractivity contribution in [3.63, 3.8) is 0 Å². The van der Waals surface area contributed by atoms with Gasteiger partial charge in [-0.05, 0) is 12.1 Å². The highest BCUT2D eigenvalue weighted by atomic mass is 32.2. The third kappa shape index (κ3) is 7.43. The van der Waals surface area contributed by atoms with E-state index in [9.17, 15) is 4.79 Å². The first-order valence-electron chi connectivity index (χ1n) is 14.2. The van der Waals surface area contributed by atoms with Crippen LogP contribution in [0.15, 0.2) is 157 Å².